The first kappa shape index (κ1) is 6.99. The average molecular weight is 113 g/mol. The van der Waals surface area contributed by atoms with Gasteiger partial charge in [0.2, 0.25) is 5.91 Å². The minimum Gasteiger partial charge on any atom is -0.396 e. The van der Waals surface area contributed by atoms with Gasteiger partial charge in [-0.3, -0.25) is 10.1 Å². The molecule has 0 unspecified atom stereocenters. The Morgan fingerprint density at radius 3 is 2.88 bits per heavy atom. The van der Waals surface area contributed by atoms with E-state index in [1.807, 2.05) is 6.04 Å². The van der Waals surface area contributed by atoms with Crippen molar-refractivity contribution in [2.45, 2.75) is 6.42 Å². The Morgan fingerprint density at radius 2 is 2.50 bits per heavy atom. The highest BCUT2D eigenvalue weighted by Gasteiger charge is 1.93. The first-order valence-electron chi connectivity index (χ1n) is 2.16. The molecule has 0 saturated carbocycles. The van der Waals surface area contributed by atoms with Crippen LogP contribution < -0.4 is 5.32 Å². The number of hydrogen-bond acceptors (Lipinski definition) is 2. The number of carbonyl (C=O) groups is 1. The lowest BCUT2D eigenvalue weighted by atomic mass is 10.4. The van der Waals surface area contributed by atoms with E-state index >= 15 is 0 Å². The second-order valence-corrected chi connectivity index (χ2v) is 1.17. The van der Waals surface area contributed by atoms with E-state index < -0.39 is 0 Å². The van der Waals surface area contributed by atoms with Crippen LogP contribution in [0.4, 0.5) is 0 Å². The molecule has 0 spiro atoms. The summed E-state index contributed by atoms with van der Waals surface area (Å²) in [6.07, 6.45) is 4.77. The van der Waals surface area contributed by atoms with Crippen molar-refractivity contribution in [3.63, 3.8) is 0 Å². The monoisotopic (exact) mass is 113 g/mol. The summed E-state index contributed by atoms with van der Waals surface area (Å²) in [5, 5.41) is 10.2. The molecule has 0 aliphatic heterocycles. The molecule has 44 valence electrons. The summed E-state index contributed by atoms with van der Waals surface area (Å²) in [7, 11) is 0. The smallest absolute Gasteiger partial charge is 0.233 e. The van der Waals surface area contributed by atoms with Gasteiger partial charge in [0, 0.05) is 6.04 Å². The fourth-order valence-electron chi connectivity index (χ4n) is 0.245. The van der Waals surface area contributed by atoms with E-state index in [1.54, 1.807) is 0 Å². The van der Waals surface area contributed by atoms with Crippen molar-refractivity contribution >= 4 is 5.91 Å². The van der Waals surface area contributed by atoms with Crippen molar-refractivity contribution in [2.24, 2.45) is 0 Å². The normalized spacial score (nSPS) is 7.50. The predicted octanol–water partition coefficient (Wildman–Crippen LogP) is -0.924. The van der Waals surface area contributed by atoms with Crippen LogP contribution in [0.2, 0.25) is 0 Å². The lowest BCUT2D eigenvalue weighted by Crippen LogP contribution is -2.17. The summed E-state index contributed by atoms with van der Waals surface area (Å²) in [4.78, 5) is 10.2. The molecule has 0 aromatic rings. The van der Waals surface area contributed by atoms with Crippen molar-refractivity contribution in [2.75, 3.05) is 6.61 Å². The van der Waals surface area contributed by atoms with Crippen LogP contribution in [0.1, 0.15) is 6.42 Å². The van der Waals surface area contributed by atoms with Crippen LogP contribution >= 0.6 is 0 Å². The second kappa shape index (κ2) is 4.16. The summed E-state index contributed by atoms with van der Waals surface area (Å²) in [6, 6.07) is 1.94. The highest BCUT2D eigenvalue weighted by Crippen LogP contribution is 1.72. The number of amides is 1. The minimum atomic E-state index is -0.324. The van der Waals surface area contributed by atoms with Crippen molar-refractivity contribution in [3.8, 4) is 12.5 Å². The van der Waals surface area contributed by atoms with Crippen LogP contribution in [0.15, 0.2) is 0 Å². The van der Waals surface area contributed by atoms with Crippen LogP contribution in [0.3, 0.4) is 0 Å². The van der Waals surface area contributed by atoms with E-state index in [0.717, 1.165) is 0 Å². The van der Waals surface area contributed by atoms with Gasteiger partial charge in [0.1, 0.15) is 0 Å². The molecule has 0 aromatic carbocycles. The molecule has 0 rings (SSSR count). The molecule has 0 heterocycles. The molecule has 0 atom stereocenters. The Morgan fingerprint density at radius 1 is 1.88 bits per heavy atom. The predicted molar refractivity (Wildman–Crippen MR) is 28.7 cm³/mol. The summed E-state index contributed by atoms with van der Waals surface area (Å²) in [5.74, 6) is -0.324. The lowest BCUT2D eigenvalue weighted by molar-refractivity contribution is -0.120. The third-order valence-corrected chi connectivity index (χ3v) is 0.550. The zero-order chi connectivity index (χ0) is 6.41. The Labute approximate surface area is 47.7 Å². The number of nitrogens with one attached hydrogen (secondary N) is 1. The summed E-state index contributed by atoms with van der Waals surface area (Å²) < 4.78 is 0. The summed E-state index contributed by atoms with van der Waals surface area (Å²) in [5.41, 5.74) is 0. The molecule has 2 N–H and O–H groups in total. The topological polar surface area (TPSA) is 49.3 Å². The summed E-state index contributed by atoms with van der Waals surface area (Å²) in [6.45, 7) is -0.159. The van der Waals surface area contributed by atoms with Crippen molar-refractivity contribution in [1.29, 1.82) is 0 Å². The highest BCUT2D eigenvalue weighted by atomic mass is 16.3. The van der Waals surface area contributed by atoms with Gasteiger partial charge in [0.05, 0.1) is 13.0 Å². The van der Waals surface area contributed by atoms with Gasteiger partial charge in [-0.1, -0.05) is 6.42 Å². The maximum absolute atomic E-state index is 10.2. The van der Waals surface area contributed by atoms with Gasteiger partial charge in [0.25, 0.3) is 0 Å². The van der Waals surface area contributed by atoms with Gasteiger partial charge < -0.3 is 5.11 Å². The van der Waals surface area contributed by atoms with Crippen LogP contribution in [-0.4, -0.2) is 17.6 Å². The summed E-state index contributed by atoms with van der Waals surface area (Å²) >= 11 is 0. The van der Waals surface area contributed by atoms with Gasteiger partial charge in [-0.2, -0.15) is 0 Å². The molecule has 0 saturated heterocycles. The first-order chi connectivity index (χ1) is 3.81. The van der Waals surface area contributed by atoms with E-state index in [9.17, 15) is 4.79 Å². The average Bonchev–Trinajstić information content (AvgIpc) is 1.68. The largest absolute Gasteiger partial charge is 0.396 e. The van der Waals surface area contributed by atoms with E-state index in [4.69, 9.17) is 11.5 Å². The van der Waals surface area contributed by atoms with Gasteiger partial charge in [-0.25, -0.2) is 0 Å². The Hall–Kier alpha value is -1.01. The molecular formula is C5H7NO2. The molecule has 0 bridgehead atoms. The quantitative estimate of drug-likeness (QED) is 0.359. The van der Waals surface area contributed by atoms with E-state index in [1.165, 1.54) is 0 Å². The minimum absolute atomic E-state index is 0.0736. The van der Waals surface area contributed by atoms with E-state index in [-0.39, 0.29) is 18.9 Å². The van der Waals surface area contributed by atoms with Crippen molar-refractivity contribution in [3.05, 3.63) is 0 Å². The highest BCUT2D eigenvalue weighted by molar-refractivity contribution is 5.77. The number of aliphatic hydroxyl groups excluding tert-OH is 1. The Bertz CT molecular complexity index is 114. The molecule has 0 aliphatic carbocycles. The molecule has 0 fully saturated rings. The third kappa shape index (κ3) is 3.19. The molecule has 0 radical (unpaired) electrons. The van der Waals surface area contributed by atoms with Crippen molar-refractivity contribution in [1.82, 2.24) is 5.32 Å². The molecular weight excluding hydrogens is 106 g/mol. The van der Waals surface area contributed by atoms with Gasteiger partial charge >= 0.3 is 0 Å². The molecule has 0 aromatic heterocycles. The fourth-order valence-corrected chi connectivity index (χ4v) is 0.245. The zero-order valence-electron chi connectivity index (χ0n) is 4.35. The number of rotatable bonds is 2. The van der Waals surface area contributed by atoms with Crippen LogP contribution in [0, 0.1) is 12.5 Å². The molecule has 0 aliphatic rings. The number of carbonyl (C=O) groups excluding carboxylic acids is 1. The maximum atomic E-state index is 10.2. The lowest BCUT2D eigenvalue weighted by Gasteiger charge is -1.90. The van der Waals surface area contributed by atoms with E-state index in [2.05, 4.69) is 5.32 Å². The fraction of sp³-hybridized carbons (Fsp3) is 0.400. The molecule has 3 heteroatoms. The Balaban J connectivity index is 3.23. The van der Waals surface area contributed by atoms with E-state index in [0.29, 0.717) is 0 Å². The van der Waals surface area contributed by atoms with Crippen LogP contribution in [-0.2, 0) is 4.79 Å². The maximum Gasteiger partial charge on any atom is 0.233 e. The first-order valence-corrected chi connectivity index (χ1v) is 2.16. The Kier molecular flexibility index (Phi) is 3.63. The molecule has 1 amide bonds. The third-order valence-electron chi connectivity index (χ3n) is 0.550. The molecule has 3 nitrogen and oxygen atoms in total. The standard InChI is InChI=1S/C5H7NO2/c1-2-6-5(8)3-4-7/h1,7H,3-4H2,(H,6,8). The second-order valence-electron chi connectivity index (χ2n) is 1.17. The zero-order valence-corrected chi connectivity index (χ0v) is 4.35. The number of terminal acetylenes is 1. The van der Waals surface area contributed by atoms with Crippen LogP contribution in [0.25, 0.3) is 0 Å². The van der Waals surface area contributed by atoms with Gasteiger partial charge in [-0.05, 0) is 0 Å². The number of hydrogen-bond donors (Lipinski definition) is 2. The molecule has 8 heavy (non-hydrogen) atoms. The SMILES string of the molecule is C#CNC(=O)CCO. The van der Waals surface area contributed by atoms with Crippen molar-refractivity contribution < 1.29 is 9.90 Å². The van der Waals surface area contributed by atoms with Gasteiger partial charge in [0.15, 0.2) is 0 Å². The van der Waals surface area contributed by atoms with Crippen LogP contribution in [0.5, 0.6) is 0 Å². The number of aliphatic hydroxyl groups is 1. The van der Waals surface area contributed by atoms with Gasteiger partial charge in [-0.15, -0.1) is 0 Å².